The molecule has 0 radical (unpaired) electrons. The van der Waals surface area contributed by atoms with Gasteiger partial charge in [0.2, 0.25) is 0 Å². The maximum atomic E-state index is 8.97. The van der Waals surface area contributed by atoms with E-state index in [1.54, 1.807) is 18.2 Å². The van der Waals surface area contributed by atoms with E-state index in [1.165, 1.54) is 0 Å². The second-order valence-corrected chi connectivity index (χ2v) is 4.18. The van der Waals surface area contributed by atoms with Gasteiger partial charge >= 0.3 is 0 Å². The van der Waals surface area contributed by atoms with Crippen LogP contribution in [0.25, 0.3) is 0 Å². The van der Waals surface area contributed by atoms with Crippen molar-refractivity contribution in [3.63, 3.8) is 0 Å². The quantitative estimate of drug-likeness (QED) is 0.731. The van der Waals surface area contributed by atoms with Gasteiger partial charge in [-0.1, -0.05) is 24.3 Å². The molecule has 0 atom stereocenters. The van der Waals surface area contributed by atoms with Crippen molar-refractivity contribution in [3.8, 4) is 23.3 Å². The first-order valence-corrected chi connectivity index (χ1v) is 6.81. The van der Waals surface area contributed by atoms with Crippen LogP contribution in [0.5, 0.6) is 17.2 Å². The smallest absolute Gasteiger partial charge is 0.161 e. The third kappa shape index (κ3) is 4.15. The van der Waals surface area contributed by atoms with Crippen molar-refractivity contribution in [1.82, 2.24) is 0 Å². The SMILES string of the molecule is CCOc1ccccc1OCCOc1ccccc1C#N. The molecule has 2 aromatic rings. The summed E-state index contributed by atoms with van der Waals surface area (Å²) in [6.45, 7) is 3.26. The van der Waals surface area contributed by atoms with E-state index >= 15 is 0 Å². The topological polar surface area (TPSA) is 51.5 Å². The third-order valence-electron chi connectivity index (χ3n) is 2.75. The first kappa shape index (κ1) is 14.7. The molecule has 108 valence electrons. The maximum Gasteiger partial charge on any atom is 0.161 e. The van der Waals surface area contributed by atoms with Gasteiger partial charge in [0, 0.05) is 0 Å². The molecular weight excluding hydrogens is 266 g/mol. The monoisotopic (exact) mass is 283 g/mol. The van der Waals surface area contributed by atoms with Crippen molar-refractivity contribution in [3.05, 3.63) is 54.1 Å². The molecule has 0 N–H and O–H groups in total. The highest BCUT2D eigenvalue weighted by Crippen LogP contribution is 2.26. The normalized spacial score (nSPS) is 9.71. The highest BCUT2D eigenvalue weighted by Gasteiger charge is 2.04. The predicted octanol–water partition coefficient (Wildman–Crippen LogP) is 3.41. The molecule has 0 bridgehead atoms. The van der Waals surface area contributed by atoms with Gasteiger partial charge in [-0.15, -0.1) is 0 Å². The number of ether oxygens (including phenoxy) is 3. The molecule has 0 saturated carbocycles. The van der Waals surface area contributed by atoms with Gasteiger partial charge < -0.3 is 14.2 Å². The lowest BCUT2D eigenvalue weighted by atomic mass is 10.2. The van der Waals surface area contributed by atoms with E-state index in [0.717, 1.165) is 5.75 Å². The minimum Gasteiger partial charge on any atom is -0.490 e. The minimum atomic E-state index is 0.360. The van der Waals surface area contributed by atoms with Gasteiger partial charge in [0.1, 0.15) is 25.0 Å². The molecule has 0 saturated heterocycles. The summed E-state index contributed by atoms with van der Waals surface area (Å²) in [6.07, 6.45) is 0. The van der Waals surface area contributed by atoms with Crippen molar-refractivity contribution >= 4 is 0 Å². The summed E-state index contributed by atoms with van der Waals surface area (Å²) < 4.78 is 16.7. The van der Waals surface area contributed by atoms with E-state index < -0.39 is 0 Å². The van der Waals surface area contributed by atoms with E-state index in [-0.39, 0.29) is 0 Å². The van der Waals surface area contributed by atoms with Gasteiger partial charge in [-0.2, -0.15) is 5.26 Å². The van der Waals surface area contributed by atoms with Crippen LogP contribution in [-0.2, 0) is 0 Å². The summed E-state index contributed by atoms with van der Waals surface area (Å²) in [7, 11) is 0. The Bertz CT molecular complexity index is 619. The van der Waals surface area contributed by atoms with E-state index in [0.29, 0.717) is 36.9 Å². The molecule has 2 rings (SSSR count). The highest BCUT2D eigenvalue weighted by atomic mass is 16.5. The van der Waals surface area contributed by atoms with Crippen LogP contribution in [0.1, 0.15) is 12.5 Å². The van der Waals surface area contributed by atoms with Crippen molar-refractivity contribution in [1.29, 1.82) is 5.26 Å². The van der Waals surface area contributed by atoms with Crippen LogP contribution in [0.4, 0.5) is 0 Å². The molecule has 4 heteroatoms. The number of rotatable bonds is 7. The fourth-order valence-electron chi connectivity index (χ4n) is 1.83. The Morgan fingerprint density at radius 3 is 1.95 bits per heavy atom. The molecule has 0 spiro atoms. The van der Waals surface area contributed by atoms with Gasteiger partial charge in [0.25, 0.3) is 0 Å². The molecule has 21 heavy (non-hydrogen) atoms. The highest BCUT2D eigenvalue weighted by molar-refractivity contribution is 5.42. The van der Waals surface area contributed by atoms with Crippen LogP contribution in [0.3, 0.4) is 0 Å². The largest absolute Gasteiger partial charge is 0.490 e. The third-order valence-corrected chi connectivity index (χ3v) is 2.75. The van der Waals surface area contributed by atoms with Crippen LogP contribution in [-0.4, -0.2) is 19.8 Å². The molecule has 0 fully saturated rings. The lowest BCUT2D eigenvalue weighted by Crippen LogP contribution is -2.10. The van der Waals surface area contributed by atoms with Gasteiger partial charge in [-0.3, -0.25) is 0 Å². The van der Waals surface area contributed by atoms with Gasteiger partial charge in [-0.25, -0.2) is 0 Å². The zero-order valence-corrected chi connectivity index (χ0v) is 11.9. The zero-order chi connectivity index (χ0) is 14.9. The number of nitrogens with zero attached hydrogens (tertiary/aromatic N) is 1. The Kier molecular flexibility index (Phi) is 5.48. The Hall–Kier alpha value is -2.67. The Balaban J connectivity index is 1.86. The Morgan fingerprint density at radius 2 is 1.33 bits per heavy atom. The van der Waals surface area contributed by atoms with Crippen molar-refractivity contribution in [2.75, 3.05) is 19.8 Å². The molecule has 0 amide bonds. The fourth-order valence-corrected chi connectivity index (χ4v) is 1.83. The standard InChI is InChI=1S/C17H17NO3/c1-2-19-16-9-5-6-10-17(16)21-12-11-20-15-8-4-3-7-14(15)13-18/h3-10H,2,11-12H2,1H3. The Morgan fingerprint density at radius 1 is 0.810 bits per heavy atom. The number of hydrogen-bond acceptors (Lipinski definition) is 4. The van der Waals surface area contributed by atoms with E-state index in [4.69, 9.17) is 19.5 Å². The maximum absolute atomic E-state index is 8.97. The van der Waals surface area contributed by atoms with E-state index in [2.05, 4.69) is 6.07 Å². The van der Waals surface area contributed by atoms with Crippen molar-refractivity contribution < 1.29 is 14.2 Å². The molecule has 4 nitrogen and oxygen atoms in total. The minimum absolute atomic E-state index is 0.360. The Labute approximate surface area is 124 Å². The molecule has 2 aromatic carbocycles. The van der Waals surface area contributed by atoms with Gasteiger partial charge in [0.15, 0.2) is 11.5 Å². The molecular formula is C17H17NO3. The molecule has 0 aliphatic heterocycles. The van der Waals surface area contributed by atoms with E-state index in [9.17, 15) is 0 Å². The number of hydrogen-bond donors (Lipinski definition) is 0. The molecule has 0 aliphatic carbocycles. The summed E-state index contributed by atoms with van der Waals surface area (Å²) in [5, 5.41) is 8.97. The summed E-state index contributed by atoms with van der Waals surface area (Å²) in [5.74, 6) is 1.98. The van der Waals surface area contributed by atoms with E-state index in [1.807, 2.05) is 37.3 Å². The number of benzene rings is 2. The molecule has 0 heterocycles. The molecule has 0 aromatic heterocycles. The summed E-state index contributed by atoms with van der Waals surface area (Å²) in [4.78, 5) is 0. The van der Waals surface area contributed by atoms with Crippen LogP contribution >= 0.6 is 0 Å². The van der Waals surface area contributed by atoms with Crippen molar-refractivity contribution in [2.45, 2.75) is 6.92 Å². The fraction of sp³-hybridized carbons (Fsp3) is 0.235. The van der Waals surface area contributed by atoms with Crippen LogP contribution in [0.2, 0.25) is 0 Å². The first-order valence-electron chi connectivity index (χ1n) is 6.81. The second kappa shape index (κ2) is 7.81. The van der Waals surface area contributed by atoms with Crippen LogP contribution in [0.15, 0.2) is 48.5 Å². The van der Waals surface area contributed by atoms with Gasteiger partial charge in [0.05, 0.1) is 12.2 Å². The summed E-state index contributed by atoms with van der Waals surface area (Å²) >= 11 is 0. The number of para-hydroxylation sites is 3. The number of nitriles is 1. The van der Waals surface area contributed by atoms with Crippen molar-refractivity contribution in [2.24, 2.45) is 0 Å². The first-order chi connectivity index (χ1) is 10.3. The predicted molar refractivity (Wildman–Crippen MR) is 79.8 cm³/mol. The average Bonchev–Trinajstić information content (AvgIpc) is 2.53. The van der Waals surface area contributed by atoms with Gasteiger partial charge in [-0.05, 0) is 31.2 Å². The lowest BCUT2D eigenvalue weighted by Gasteiger charge is -2.12. The molecule has 0 unspecified atom stereocenters. The summed E-state index contributed by atoms with van der Waals surface area (Å²) in [6, 6.07) is 16.7. The zero-order valence-electron chi connectivity index (χ0n) is 11.9. The second-order valence-electron chi connectivity index (χ2n) is 4.18. The van der Waals surface area contributed by atoms with Crippen LogP contribution in [0, 0.1) is 11.3 Å². The van der Waals surface area contributed by atoms with Crippen LogP contribution < -0.4 is 14.2 Å². The summed E-state index contributed by atoms with van der Waals surface area (Å²) in [5.41, 5.74) is 0.521. The lowest BCUT2D eigenvalue weighted by molar-refractivity contribution is 0.208. The molecule has 0 aliphatic rings. The average molecular weight is 283 g/mol.